The summed E-state index contributed by atoms with van der Waals surface area (Å²) in [5.41, 5.74) is 1.19. The lowest BCUT2D eigenvalue weighted by Crippen LogP contribution is -2.28. The fourth-order valence-corrected chi connectivity index (χ4v) is 2.91. The third-order valence-corrected chi connectivity index (χ3v) is 4.02. The molecule has 0 saturated heterocycles. The molecule has 4 nitrogen and oxygen atoms in total. The molecule has 0 fully saturated rings. The quantitative estimate of drug-likeness (QED) is 0.908. The van der Waals surface area contributed by atoms with Gasteiger partial charge in [0.25, 0.3) is 5.91 Å². The maximum absolute atomic E-state index is 12.3. The molecule has 2 aromatic rings. The first kappa shape index (κ1) is 13.8. The summed E-state index contributed by atoms with van der Waals surface area (Å²) < 4.78 is 5.04. The van der Waals surface area contributed by atoms with Crippen molar-refractivity contribution in [2.75, 3.05) is 0 Å². The molecule has 0 aromatic carbocycles. The third-order valence-electron chi connectivity index (χ3n) is 3.03. The highest BCUT2D eigenvalue weighted by atomic mass is 32.1. The lowest BCUT2D eigenvalue weighted by atomic mass is 10.1. The zero-order chi connectivity index (χ0) is 13.8. The fourth-order valence-electron chi connectivity index (χ4n) is 2.10. The monoisotopic (exact) mass is 278 g/mol. The normalized spacial score (nSPS) is 12.4. The molecule has 5 heteroatoms. The van der Waals surface area contributed by atoms with E-state index in [4.69, 9.17) is 4.52 Å². The Morgan fingerprint density at radius 2 is 2.32 bits per heavy atom. The molecular weight excluding hydrogens is 260 g/mol. The molecule has 0 aliphatic carbocycles. The van der Waals surface area contributed by atoms with Gasteiger partial charge in [0, 0.05) is 4.88 Å². The predicted octanol–water partition coefficient (Wildman–Crippen LogP) is 3.62. The number of rotatable bonds is 5. The minimum atomic E-state index is -0.108. The summed E-state index contributed by atoms with van der Waals surface area (Å²) in [5.74, 6) is 0.458. The summed E-state index contributed by atoms with van der Waals surface area (Å²) in [4.78, 5) is 13.5. The van der Waals surface area contributed by atoms with Crippen molar-refractivity contribution < 1.29 is 9.32 Å². The van der Waals surface area contributed by atoms with Crippen LogP contribution in [0.4, 0.5) is 0 Å². The van der Waals surface area contributed by atoms with E-state index in [2.05, 4.69) is 23.5 Å². The van der Waals surface area contributed by atoms with Gasteiger partial charge in [-0.1, -0.05) is 24.6 Å². The molecule has 1 amide bonds. The van der Waals surface area contributed by atoms with Crippen LogP contribution in [0.15, 0.2) is 22.0 Å². The molecule has 1 atom stereocenters. The Balaban J connectivity index is 2.16. The van der Waals surface area contributed by atoms with Crippen LogP contribution >= 0.6 is 11.3 Å². The molecule has 0 radical (unpaired) electrons. The predicted molar refractivity (Wildman–Crippen MR) is 75.4 cm³/mol. The molecule has 0 bridgehead atoms. The van der Waals surface area contributed by atoms with E-state index in [9.17, 15) is 4.79 Å². The number of aromatic nitrogens is 1. The molecule has 2 heterocycles. The van der Waals surface area contributed by atoms with Crippen molar-refractivity contribution in [2.45, 2.75) is 39.7 Å². The van der Waals surface area contributed by atoms with Gasteiger partial charge in [-0.25, -0.2) is 0 Å². The van der Waals surface area contributed by atoms with Gasteiger partial charge >= 0.3 is 0 Å². The van der Waals surface area contributed by atoms with Crippen LogP contribution in [-0.2, 0) is 0 Å². The maximum Gasteiger partial charge on any atom is 0.257 e. The summed E-state index contributed by atoms with van der Waals surface area (Å²) in [5, 5.41) is 8.92. The average molecular weight is 278 g/mol. The molecule has 0 aliphatic rings. The SMILES string of the molecule is CCC[C@H](NC(=O)c1c(C)noc1C)c1cccs1. The summed E-state index contributed by atoms with van der Waals surface area (Å²) >= 11 is 1.66. The molecule has 0 spiro atoms. The van der Waals surface area contributed by atoms with Crippen molar-refractivity contribution in [1.82, 2.24) is 10.5 Å². The van der Waals surface area contributed by atoms with E-state index in [-0.39, 0.29) is 11.9 Å². The van der Waals surface area contributed by atoms with E-state index >= 15 is 0 Å². The standard InChI is InChI=1S/C14H18N2O2S/c1-4-6-11(12-7-5-8-19-12)15-14(17)13-9(2)16-18-10(13)3/h5,7-8,11H,4,6H2,1-3H3,(H,15,17)/t11-/m0/s1. The van der Waals surface area contributed by atoms with Gasteiger partial charge in [0.2, 0.25) is 0 Å². The minimum absolute atomic E-state index is 0.0613. The maximum atomic E-state index is 12.3. The van der Waals surface area contributed by atoms with Crippen LogP contribution in [0.3, 0.4) is 0 Å². The number of hydrogen-bond acceptors (Lipinski definition) is 4. The highest BCUT2D eigenvalue weighted by Crippen LogP contribution is 2.24. The van der Waals surface area contributed by atoms with Gasteiger partial charge in [-0.3, -0.25) is 4.79 Å². The van der Waals surface area contributed by atoms with Gasteiger partial charge in [-0.15, -0.1) is 11.3 Å². The number of nitrogens with zero attached hydrogens (tertiary/aromatic N) is 1. The fraction of sp³-hybridized carbons (Fsp3) is 0.429. The van der Waals surface area contributed by atoms with Crippen LogP contribution in [0.2, 0.25) is 0 Å². The smallest absolute Gasteiger partial charge is 0.257 e. The van der Waals surface area contributed by atoms with E-state index in [0.29, 0.717) is 17.0 Å². The van der Waals surface area contributed by atoms with Crippen LogP contribution in [0.5, 0.6) is 0 Å². The Labute approximate surface area is 116 Å². The Morgan fingerprint density at radius 3 is 2.84 bits per heavy atom. The van der Waals surface area contributed by atoms with E-state index in [1.165, 1.54) is 4.88 Å². The zero-order valence-corrected chi connectivity index (χ0v) is 12.2. The van der Waals surface area contributed by atoms with Crippen LogP contribution < -0.4 is 5.32 Å². The van der Waals surface area contributed by atoms with Crippen molar-refractivity contribution in [3.63, 3.8) is 0 Å². The number of hydrogen-bond donors (Lipinski definition) is 1. The second-order valence-corrected chi connectivity index (χ2v) is 5.51. The highest BCUT2D eigenvalue weighted by molar-refractivity contribution is 7.10. The van der Waals surface area contributed by atoms with Gasteiger partial charge < -0.3 is 9.84 Å². The lowest BCUT2D eigenvalue weighted by molar-refractivity contribution is 0.0933. The van der Waals surface area contributed by atoms with Crippen molar-refractivity contribution in [3.8, 4) is 0 Å². The first-order valence-electron chi connectivity index (χ1n) is 6.40. The minimum Gasteiger partial charge on any atom is -0.361 e. The van der Waals surface area contributed by atoms with Gasteiger partial charge in [-0.2, -0.15) is 0 Å². The molecule has 2 aromatic heterocycles. The number of thiophene rings is 1. The van der Waals surface area contributed by atoms with Crippen molar-refractivity contribution >= 4 is 17.2 Å². The van der Waals surface area contributed by atoms with Crippen molar-refractivity contribution in [2.24, 2.45) is 0 Å². The first-order chi connectivity index (χ1) is 9.13. The average Bonchev–Trinajstić information content (AvgIpc) is 2.99. The van der Waals surface area contributed by atoms with E-state index in [1.54, 1.807) is 25.2 Å². The summed E-state index contributed by atoms with van der Waals surface area (Å²) in [6, 6.07) is 4.12. The molecule has 0 aliphatic heterocycles. The third kappa shape index (κ3) is 3.04. The number of carbonyl (C=O) groups is 1. The van der Waals surface area contributed by atoms with Gasteiger partial charge in [0.15, 0.2) is 0 Å². The molecule has 19 heavy (non-hydrogen) atoms. The summed E-state index contributed by atoms with van der Waals surface area (Å²) in [6.45, 7) is 5.66. The van der Waals surface area contributed by atoms with Crippen LogP contribution in [0, 0.1) is 13.8 Å². The number of nitrogens with one attached hydrogen (secondary N) is 1. The van der Waals surface area contributed by atoms with Crippen LogP contribution in [0.1, 0.15) is 52.5 Å². The molecule has 0 unspecified atom stereocenters. The van der Waals surface area contributed by atoms with Crippen LogP contribution in [0.25, 0.3) is 0 Å². The van der Waals surface area contributed by atoms with E-state index < -0.39 is 0 Å². The Morgan fingerprint density at radius 1 is 1.53 bits per heavy atom. The van der Waals surface area contributed by atoms with Crippen molar-refractivity contribution in [3.05, 3.63) is 39.4 Å². The lowest BCUT2D eigenvalue weighted by Gasteiger charge is -2.16. The molecule has 0 saturated carbocycles. The van der Waals surface area contributed by atoms with Crippen molar-refractivity contribution in [1.29, 1.82) is 0 Å². The Kier molecular flexibility index (Phi) is 4.37. The molecule has 1 N–H and O–H groups in total. The van der Waals surface area contributed by atoms with Gasteiger partial charge in [0.1, 0.15) is 11.3 Å². The summed E-state index contributed by atoms with van der Waals surface area (Å²) in [7, 11) is 0. The Bertz CT molecular complexity index is 526. The number of amides is 1. The number of aryl methyl sites for hydroxylation is 2. The van der Waals surface area contributed by atoms with Gasteiger partial charge in [-0.05, 0) is 31.7 Å². The Hall–Kier alpha value is -1.62. The second kappa shape index (κ2) is 6.02. The number of carbonyl (C=O) groups excluding carboxylic acids is 1. The molecular formula is C14H18N2O2S. The van der Waals surface area contributed by atoms with E-state index in [1.807, 2.05) is 11.4 Å². The largest absolute Gasteiger partial charge is 0.361 e. The van der Waals surface area contributed by atoms with Crippen LogP contribution in [-0.4, -0.2) is 11.1 Å². The molecule has 2 rings (SSSR count). The summed E-state index contributed by atoms with van der Waals surface area (Å²) in [6.07, 6.45) is 1.94. The second-order valence-electron chi connectivity index (χ2n) is 4.53. The highest BCUT2D eigenvalue weighted by Gasteiger charge is 2.21. The molecule has 102 valence electrons. The first-order valence-corrected chi connectivity index (χ1v) is 7.28. The van der Waals surface area contributed by atoms with E-state index in [0.717, 1.165) is 12.8 Å². The zero-order valence-electron chi connectivity index (χ0n) is 11.4. The van der Waals surface area contributed by atoms with Gasteiger partial charge in [0.05, 0.1) is 11.7 Å². The topological polar surface area (TPSA) is 55.1 Å².